The fraction of sp³-hybridized carbons (Fsp3) is 0.400. The smallest absolute Gasteiger partial charge is 0.170 e. The maximum atomic E-state index is 5.49. The molecule has 1 aliphatic heterocycles. The van der Waals surface area contributed by atoms with Crippen LogP contribution < -0.4 is 0 Å². The fourth-order valence-corrected chi connectivity index (χ4v) is 3.65. The minimum atomic E-state index is 0.363. The first-order valence-corrected chi connectivity index (χ1v) is 9.07. The van der Waals surface area contributed by atoms with Gasteiger partial charge < -0.3 is 4.52 Å². The monoisotopic (exact) mass is 349 g/mol. The van der Waals surface area contributed by atoms with Gasteiger partial charge in [0.25, 0.3) is 0 Å². The van der Waals surface area contributed by atoms with Gasteiger partial charge in [-0.3, -0.25) is 9.88 Å². The zero-order chi connectivity index (χ0) is 17.9. The van der Waals surface area contributed by atoms with Crippen LogP contribution in [0.25, 0.3) is 11.3 Å². The van der Waals surface area contributed by atoms with Gasteiger partial charge >= 0.3 is 0 Å². The lowest BCUT2D eigenvalue weighted by Crippen LogP contribution is -2.34. The minimum Gasteiger partial charge on any atom is -0.356 e. The number of nitrogens with zero attached hydrogens (tertiary/aromatic N) is 5. The molecule has 1 atom stereocenters. The molecule has 0 N–H and O–H groups in total. The van der Waals surface area contributed by atoms with E-state index in [1.807, 2.05) is 44.6 Å². The van der Waals surface area contributed by atoms with Crippen molar-refractivity contribution in [2.24, 2.45) is 0 Å². The Bertz CT molecular complexity index is 877. The quantitative estimate of drug-likeness (QED) is 0.718. The Kier molecular flexibility index (Phi) is 4.75. The molecule has 4 rings (SSSR count). The van der Waals surface area contributed by atoms with Gasteiger partial charge in [0, 0.05) is 43.7 Å². The summed E-state index contributed by atoms with van der Waals surface area (Å²) in [4.78, 5) is 15.9. The first-order chi connectivity index (χ1) is 12.7. The number of hydrogen-bond acceptors (Lipinski definition) is 6. The van der Waals surface area contributed by atoms with Crippen LogP contribution in [0.3, 0.4) is 0 Å². The molecule has 4 heterocycles. The Morgan fingerprint density at radius 1 is 1.27 bits per heavy atom. The Morgan fingerprint density at radius 2 is 2.19 bits per heavy atom. The fourth-order valence-electron chi connectivity index (χ4n) is 3.65. The van der Waals surface area contributed by atoms with Gasteiger partial charge in [0.2, 0.25) is 0 Å². The molecule has 0 amide bonds. The summed E-state index contributed by atoms with van der Waals surface area (Å²) in [6.07, 6.45) is 7.92. The highest BCUT2D eigenvalue weighted by atomic mass is 16.5. The van der Waals surface area contributed by atoms with Crippen LogP contribution in [-0.4, -0.2) is 38.1 Å². The molecule has 0 saturated carbocycles. The minimum absolute atomic E-state index is 0.363. The number of hydrogen-bond donors (Lipinski definition) is 0. The van der Waals surface area contributed by atoms with Crippen molar-refractivity contribution in [3.63, 3.8) is 0 Å². The summed E-state index contributed by atoms with van der Waals surface area (Å²) in [5.41, 5.74) is 4.15. The lowest BCUT2D eigenvalue weighted by molar-refractivity contribution is 0.198. The second-order valence-electron chi connectivity index (χ2n) is 6.98. The normalized spacial score (nSPS) is 18.2. The molecule has 0 bridgehead atoms. The topological polar surface area (TPSA) is 67.9 Å². The van der Waals surface area contributed by atoms with Gasteiger partial charge in [-0.05, 0) is 44.9 Å². The van der Waals surface area contributed by atoms with Gasteiger partial charge in [-0.25, -0.2) is 9.97 Å². The van der Waals surface area contributed by atoms with E-state index in [0.717, 1.165) is 61.0 Å². The molecule has 1 fully saturated rings. The first-order valence-electron chi connectivity index (χ1n) is 9.07. The van der Waals surface area contributed by atoms with E-state index in [-0.39, 0.29) is 0 Å². The first kappa shape index (κ1) is 16.8. The van der Waals surface area contributed by atoms with Gasteiger partial charge in [0.1, 0.15) is 5.82 Å². The molecule has 3 aromatic rings. The van der Waals surface area contributed by atoms with Gasteiger partial charge in [0.15, 0.2) is 5.76 Å². The van der Waals surface area contributed by atoms with E-state index in [2.05, 4.69) is 26.1 Å². The number of likely N-dealkylation sites (tertiary alicyclic amines) is 1. The maximum absolute atomic E-state index is 5.49. The highest BCUT2D eigenvalue weighted by molar-refractivity contribution is 5.60. The Hall–Kier alpha value is -2.60. The molecular formula is C20H23N5O. The van der Waals surface area contributed by atoms with E-state index < -0.39 is 0 Å². The van der Waals surface area contributed by atoms with E-state index in [1.165, 1.54) is 5.56 Å². The standard InChI is InChI=1S/C20H23N5O/c1-14-9-19(26-24-14)18-11-22-15(2)23-20(18)17-6-4-8-25(13-17)12-16-5-3-7-21-10-16/h3,5,7,9-11,17H,4,6,8,12-13H2,1-2H3/t17-/m0/s1. The van der Waals surface area contributed by atoms with E-state index >= 15 is 0 Å². The average Bonchev–Trinajstić information content (AvgIpc) is 3.09. The molecule has 1 saturated heterocycles. The van der Waals surface area contributed by atoms with Crippen LogP contribution in [0.1, 0.15) is 41.5 Å². The number of aromatic nitrogens is 4. The third-order valence-corrected chi connectivity index (χ3v) is 4.85. The van der Waals surface area contributed by atoms with Crippen LogP contribution in [0.15, 0.2) is 41.3 Å². The van der Waals surface area contributed by atoms with E-state index in [4.69, 9.17) is 9.51 Å². The zero-order valence-corrected chi connectivity index (χ0v) is 15.2. The van der Waals surface area contributed by atoms with Gasteiger partial charge in [-0.1, -0.05) is 11.2 Å². The molecule has 0 unspecified atom stereocenters. The maximum Gasteiger partial charge on any atom is 0.170 e. The van der Waals surface area contributed by atoms with Crippen molar-refractivity contribution in [2.75, 3.05) is 13.1 Å². The summed E-state index contributed by atoms with van der Waals surface area (Å²) in [7, 11) is 0. The number of pyridine rings is 1. The third kappa shape index (κ3) is 3.65. The van der Waals surface area contributed by atoms with Crippen molar-refractivity contribution in [3.8, 4) is 11.3 Å². The summed E-state index contributed by atoms with van der Waals surface area (Å²) in [6.45, 7) is 6.87. The molecule has 134 valence electrons. The van der Waals surface area contributed by atoms with E-state index in [1.54, 1.807) is 0 Å². The largest absolute Gasteiger partial charge is 0.356 e. The van der Waals surface area contributed by atoms with E-state index in [0.29, 0.717) is 5.92 Å². The zero-order valence-electron chi connectivity index (χ0n) is 15.2. The van der Waals surface area contributed by atoms with E-state index in [9.17, 15) is 0 Å². The Labute approximate surface area is 153 Å². The van der Waals surface area contributed by atoms with Gasteiger partial charge in [0.05, 0.1) is 17.0 Å². The van der Waals surface area contributed by atoms with Gasteiger partial charge in [-0.2, -0.15) is 0 Å². The highest BCUT2D eigenvalue weighted by Gasteiger charge is 2.26. The summed E-state index contributed by atoms with van der Waals surface area (Å²) < 4.78 is 5.49. The van der Waals surface area contributed by atoms with Crippen molar-refractivity contribution in [1.29, 1.82) is 0 Å². The average molecular weight is 349 g/mol. The molecule has 0 radical (unpaired) electrons. The lowest BCUT2D eigenvalue weighted by Gasteiger charge is -2.33. The van der Waals surface area contributed by atoms with Crippen LogP contribution in [-0.2, 0) is 6.54 Å². The van der Waals surface area contributed by atoms with Crippen molar-refractivity contribution < 1.29 is 4.52 Å². The molecule has 0 spiro atoms. The number of rotatable bonds is 4. The van der Waals surface area contributed by atoms with Gasteiger partial charge in [-0.15, -0.1) is 0 Å². The van der Waals surface area contributed by atoms with Crippen LogP contribution in [0, 0.1) is 13.8 Å². The van der Waals surface area contributed by atoms with Crippen molar-refractivity contribution >= 4 is 0 Å². The third-order valence-electron chi connectivity index (χ3n) is 4.85. The Balaban J connectivity index is 1.59. The predicted octanol–water partition coefficient (Wildman–Crippen LogP) is 3.52. The Morgan fingerprint density at radius 3 is 2.96 bits per heavy atom. The molecule has 0 aliphatic carbocycles. The summed E-state index contributed by atoms with van der Waals surface area (Å²) >= 11 is 0. The molecule has 1 aliphatic rings. The lowest BCUT2D eigenvalue weighted by atomic mass is 9.91. The molecule has 3 aromatic heterocycles. The highest BCUT2D eigenvalue weighted by Crippen LogP contribution is 2.33. The molecule has 0 aromatic carbocycles. The van der Waals surface area contributed by atoms with Crippen LogP contribution in [0.4, 0.5) is 0 Å². The SMILES string of the molecule is Cc1cc(-c2cnc(C)nc2[C@H]2CCCN(Cc3cccnc3)C2)on1. The molecular weight excluding hydrogens is 326 g/mol. The van der Waals surface area contributed by atoms with Crippen LogP contribution in [0.2, 0.25) is 0 Å². The second-order valence-corrected chi connectivity index (χ2v) is 6.98. The van der Waals surface area contributed by atoms with Crippen molar-refractivity contribution in [1.82, 2.24) is 25.0 Å². The molecule has 26 heavy (non-hydrogen) atoms. The van der Waals surface area contributed by atoms with Crippen LogP contribution >= 0.6 is 0 Å². The number of aryl methyl sites for hydroxylation is 2. The molecule has 6 heteroatoms. The summed E-state index contributed by atoms with van der Waals surface area (Å²) in [5, 5.41) is 4.02. The predicted molar refractivity (Wildman–Crippen MR) is 98.5 cm³/mol. The van der Waals surface area contributed by atoms with Crippen molar-refractivity contribution in [2.45, 2.75) is 39.2 Å². The van der Waals surface area contributed by atoms with Crippen molar-refractivity contribution in [3.05, 3.63) is 59.6 Å². The molecule has 6 nitrogen and oxygen atoms in total. The second kappa shape index (κ2) is 7.33. The summed E-state index contributed by atoms with van der Waals surface area (Å²) in [6, 6.07) is 6.08. The summed E-state index contributed by atoms with van der Waals surface area (Å²) in [5.74, 6) is 1.91. The van der Waals surface area contributed by atoms with Crippen LogP contribution in [0.5, 0.6) is 0 Å². The number of piperidine rings is 1.